The molecule has 148 valence electrons. The Labute approximate surface area is 165 Å². The summed E-state index contributed by atoms with van der Waals surface area (Å²) in [5, 5.41) is 2.78. The van der Waals surface area contributed by atoms with Crippen molar-refractivity contribution in [1.29, 1.82) is 0 Å². The third-order valence-corrected chi connectivity index (χ3v) is 4.21. The number of carbonyl (C=O) groups is 2. The number of ether oxygens (including phenoxy) is 3. The van der Waals surface area contributed by atoms with E-state index in [4.69, 9.17) is 14.2 Å². The van der Waals surface area contributed by atoms with Crippen molar-refractivity contribution in [3.05, 3.63) is 65.2 Å². The zero-order valence-corrected chi connectivity index (χ0v) is 16.5. The summed E-state index contributed by atoms with van der Waals surface area (Å²) in [5.41, 5.74) is 2.73. The molecule has 2 aromatic carbocycles. The second-order valence-electron chi connectivity index (χ2n) is 6.19. The molecule has 6 heteroatoms. The molecule has 6 nitrogen and oxygen atoms in total. The van der Waals surface area contributed by atoms with Gasteiger partial charge in [0.1, 0.15) is 11.5 Å². The summed E-state index contributed by atoms with van der Waals surface area (Å²) >= 11 is 0. The van der Waals surface area contributed by atoms with E-state index in [2.05, 4.69) is 5.32 Å². The van der Waals surface area contributed by atoms with Gasteiger partial charge in [0.05, 0.1) is 20.3 Å². The first-order chi connectivity index (χ1) is 13.4. The van der Waals surface area contributed by atoms with Gasteiger partial charge in [0.25, 0.3) is 5.91 Å². The Balaban J connectivity index is 1.90. The second kappa shape index (κ2) is 10.2. The zero-order valence-electron chi connectivity index (χ0n) is 16.5. The predicted octanol–water partition coefficient (Wildman–Crippen LogP) is 3.45. The highest BCUT2D eigenvalue weighted by molar-refractivity contribution is 5.89. The van der Waals surface area contributed by atoms with E-state index >= 15 is 0 Å². The molecule has 2 rings (SSSR count). The number of hydrogen-bond donors (Lipinski definition) is 1. The number of carbonyl (C=O) groups excluding carboxylic acids is 2. The molecule has 0 fully saturated rings. The lowest BCUT2D eigenvalue weighted by Crippen LogP contribution is -2.31. The minimum absolute atomic E-state index is 0.348. The van der Waals surface area contributed by atoms with E-state index in [-0.39, 0.29) is 12.6 Å². The lowest BCUT2D eigenvalue weighted by molar-refractivity contribution is -0.144. The second-order valence-corrected chi connectivity index (χ2v) is 6.19. The minimum atomic E-state index is -0.579. The molecule has 0 saturated carbocycles. The normalized spacial score (nSPS) is 11.7. The minimum Gasteiger partial charge on any atom is -0.497 e. The molecule has 2 aromatic rings. The number of nitrogens with one attached hydrogen (secondary N) is 1. The standard InChI is InChI=1S/C22H25NO5/c1-15-7-5-6-8-17(15)9-12-22(25)28-14-21(24)23-16(2)19-13-18(26-3)10-11-20(19)27-4/h5-13,16H,14H2,1-4H3,(H,23,24)/b12-9+/t16-/m1/s1. The van der Waals surface area contributed by atoms with Crippen molar-refractivity contribution in [3.8, 4) is 11.5 Å². The lowest BCUT2D eigenvalue weighted by atomic mass is 10.1. The summed E-state index contributed by atoms with van der Waals surface area (Å²) in [5.74, 6) is 0.302. The molecule has 0 aliphatic rings. The smallest absolute Gasteiger partial charge is 0.331 e. The van der Waals surface area contributed by atoms with E-state index in [0.717, 1.165) is 16.7 Å². The highest BCUT2D eigenvalue weighted by Gasteiger charge is 2.16. The molecule has 0 aliphatic heterocycles. The Morgan fingerprint density at radius 2 is 1.86 bits per heavy atom. The van der Waals surface area contributed by atoms with Crippen LogP contribution in [0.5, 0.6) is 11.5 Å². The SMILES string of the molecule is COc1ccc(OC)c([C@@H](C)NC(=O)COC(=O)/C=C/c2ccccc2C)c1. The van der Waals surface area contributed by atoms with Crippen LogP contribution in [-0.4, -0.2) is 32.7 Å². The van der Waals surface area contributed by atoms with Gasteiger partial charge >= 0.3 is 5.97 Å². The van der Waals surface area contributed by atoms with Crippen molar-refractivity contribution in [2.75, 3.05) is 20.8 Å². The van der Waals surface area contributed by atoms with E-state index in [1.54, 1.807) is 38.5 Å². The summed E-state index contributed by atoms with van der Waals surface area (Å²) in [7, 11) is 3.13. The van der Waals surface area contributed by atoms with Crippen LogP contribution in [0.2, 0.25) is 0 Å². The maximum Gasteiger partial charge on any atom is 0.331 e. The van der Waals surface area contributed by atoms with Crippen molar-refractivity contribution in [2.24, 2.45) is 0 Å². The van der Waals surface area contributed by atoms with Crippen molar-refractivity contribution < 1.29 is 23.8 Å². The van der Waals surface area contributed by atoms with Crippen molar-refractivity contribution in [2.45, 2.75) is 19.9 Å². The molecule has 0 bridgehead atoms. The Morgan fingerprint density at radius 1 is 1.11 bits per heavy atom. The van der Waals surface area contributed by atoms with Crippen LogP contribution in [0.15, 0.2) is 48.5 Å². The van der Waals surface area contributed by atoms with Gasteiger partial charge < -0.3 is 19.5 Å². The van der Waals surface area contributed by atoms with Gasteiger partial charge in [-0.05, 0) is 49.2 Å². The Morgan fingerprint density at radius 3 is 2.54 bits per heavy atom. The third-order valence-electron chi connectivity index (χ3n) is 4.21. The highest BCUT2D eigenvalue weighted by atomic mass is 16.5. The molecular formula is C22H25NO5. The van der Waals surface area contributed by atoms with Crippen LogP contribution in [-0.2, 0) is 14.3 Å². The molecule has 0 heterocycles. The van der Waals surface area contributed by atoms with Crippen molar-refractivity contribution in [3.63, 3.8) is 0 Å². The third kappa shape index (κ3) is 5.87. The van der Waals surface area contributed by atoms with Gasteiger partial charge in [-0.15, -0.1) is 0 Å². The number of methoxy groups -OCH3 is 2. The summed E-state index contributed by atoms with van der Waals surface area (Å²) in [6.07, 6.45) is 2.98. The van der Waals surface area contributed by atoms with Crippen LogP contribution < -0.4 is 14.8 Å². The summed E-state index contributed by atoms with van der Waals surface area (Å²) in [6.45, 7) is 3.40. The van der Waals surface area contributed by atoms with E-state index in [1.165, 1.54) is 6.08 Å². The predicted molar refractivity (Wildman–Crippen MR) is 107 cm³/mol. The van der Waals surface area contributed by atoms with Gasteiger partial charge in [0, 0.05) is 11.6 Å². The molecule has 1 N–H and O–H groups in total. The summed E-state index contributed by atoms with van der Waals surface area (Å²) in [6, 6.07) is 12.7. The number of benzene rings is 2. The van der Waals surface area contributed by atoms with Gasteiger partial charge in [-0.25, -0.2) is 4.79 Å². The number of hydrogen-bond acceptors (Lipinski definition) is 5. The van der Waals surface area contributed by atoms with Crippen LogP contribution >= 0.6 is 0 Å². The Bertz CT molecular complexity index is 860. The zero-order chi connectivity index (χ0) is 20.5. The number of esters is 1. The molecular weight excluding hydrogens is 358 g/mol. The monoisotopic (exact) mass is 383 g/mol. The molecule has 0 aliphatic carbocycles. The molecule has 1 atom stereocenters. The molecule has 0 radical (unpaired) electrons. The summed E-state index contributed by atoms with van der Waals surface area (Å²) < 4.78 is 15.6. The fourth-order valence-corrected chi connectivity index (χ4v) is 2.66. The maximum atomic E-state index is 12.1. The summed E-state index contributed by atoms with van der Waals surface area (Å²) in [4.78, 5) is 24.0. The number of aryl methyl sites for hydroxylation is 1. The van der Waals surface area contributed by atoms with E-state index in [0.29, 0.717) is 11.5 Å². The maximum absolute atomic E-state index is 12.1. The first-order valence-electron chi connectivity index (χ1n) is 8.86. The van der Waals surface area contributed by atoms with Gasteiger partial charge in [-0.1, -0.05) is 24.3 Å². The van der Waals surface area contributed by atoms with E-state index in [1.807, 2.05) is 38.1 Å². The lowest BCUT2D eigenvalue weighted by Gasteiger charge is -2.18. The fourth-order valence-electron chi connectivity index (χ4n) is 2.66. The topological polar surface area (TPSA) is 73.9 Å². The fraction of sp³-hybridized carbons (Fsp3) is 0.273. The average molecular weight is 383 g/mol. The van der Waals surface area contributed by atoms with Crippen LogP contribution in [0.4, 0.5) is 0 Å². The molecule has 0 aromatic heterocycles. The van der Waals surface area contributed by atoms with Gasteiger partial charge in [-0.3, -0.25) is 4.79 Å². The van der Waals surface area contributed by atoms with Crippen LogP contribution in [0.25, 0.3) is 6.08 Å². The van der Waals surface area contributed by atoms with Gasteiger partial charge in [0.2, 0.25) is 0 Å². The van der Waals surface area contributed by atoms with Gasteiger partial charge in [0.15, 0.2) is 6.61 Å². The van der Waals surface area contributed by atoms with Crippen LogP contribution in [0.1, 0.15) is 29.7 Å². The van der Waals surface area contributed by atoms with Crippen molar-refractivity contribution in [1.82, 2.24) is 5.32 Å². The Kier molecular flexibility index (Phi) is 7.63. The molecule has 0 unspecified atom stereocenters. The Hall–Kier alpha value is -3.28. The van der Waals surface area contributed by atoms with E-state index in [9.17, 15) is 9.59 Å². The highest BCUT2D eigenvalue weighted by Crippen LogP contribution is 2.29. The first-order valence-corrected chi connectivity index (χ1v) is 8.86. The quantitative estimate of drug-likeness (QED) is 0.558. The van der Waals surface area contributed by atoms with Crippen LogP contribution in [0.3, 0.4) is 0 Å². The molecule has 0 spiro atoms. The number of rotatable bonds is 8. The first kappa shape index (κ1) is 21.0. The molecule has 28 heavy (non-hydrogen) atoms. The van der Waals surface area contributed by atoms with E-state index < -0.39 is 11.9 Å². The van der Waals surface area contributed by atoms with Gasteiger partial charge in [-0.2, -0.15) is 0 Å². The molecule has 0 saturated heterocycles. The largest absolute Gasteiger partial charge is 0.497 e. The van der Waals surface area contributed by atoms with Crippen molar-refractivity contribution >= 4 is 18.0 Å². The number of amides is 1. The average Bonchev–Trinajstić information content (AvgIpc) is 2.71. The molecule has 1 amide bonds. The van der Waals surface area contributed by atoms with Crippen LogP contribution in [0, 0.1) is 6.92 Å².